The lowest BCUT2D eigenvalue weighted by Gasteiger charge is -2.12. The van der Waals surface area contributed by atoms with Gasteiger partial charge in [0.25, 0.3) is 0 Å². The molecule has 1 aromatic heterocycles. The van der Waals surface area contributed by atoms with Gasteiger partial charge >= 0.3 is 17.5 Å². The second-order valence-electron chi connectivity index (χ2n) is 4.62. The van der Waals surface area contributed by atoms with E-state index in [2.05, 4.69) is 14.7 Å². The molecule has 0 atom stereocenters. The Hall–Kier alpha value is -3.23. The first-order valence-electron chi connectivity index (χ1n) is 6.47. The maximum Gasteiger partial charge on any atom is 0.373 e. The third-order valence-electron chi connectivity index (χ3n) is 2.87. The van der Waals surface area contributed by atoms with E-state index in [1.165, 1.54) is 42.6 Å². The van der Waals surface area contributed by atoms with Crippen LogP contribution in [0.4, 0.5) is 11.5 Å². The van der Waals surface area contributed by atoms with E-state index in [-0.39, 0.29) is 17.4 Å². The van der Waals surface area contributed by atoms with Gasteiger partial charge in [-0.05, 0) is 24.3 Å². The van der Waals surface area contributed by atoms with E-state index in [0.717, 1.165) is 0 Å². The summed E-state index contributed by atoms with van der Waals surface area (Å²) in [6.45, 7) is 0. The highest BCUT2D eigenvalue weighted by molar-refractivity contribution is 5.89. The minimum atomic E-state index is -0.604. The van der Waals surface area contributed by atoms with Crippen molar-refractivity contribution in [1.29, 1.82) is 0 Å². The van der Waals surface area contributed by atoms with Crippen molar-refractivity contribution in [1.82, 2.24) is 9.97 Å². The Kier molecular flexibility index (Phi) is 4.69. The van der Waals surface area contributed by atoms with E-state index < -0.39 is 10.9 Å². The number of ether oxygens (including phenoxy) is 2. The Morgan fingerprint density at radius 2 is 1.87 bits per heavy atom. The van der Waals surface area contributed by atoms with Crippen LogP contribution in [0, 0.1) is 10.1 Å². The lowest BCUT2D eigenvalue weighted by atomic mass is 10.2. The van der Waals surface area contributed by atoms with Crippen LogP contribution in [0.15, 0.2) is 30.6 Å². The van der Waals surface area contributed by atoms with Gasteiger partial charge in [-0.2, -0.15) is 4.98 Å². The van der Waals surface area contributed by atoms with Crippen LogP contribution in [0.1, 0.15) is 10.4 Å². The molecule has 9 heteroatoms. The number of benzene rings is 1. The van der Waals surface area contributed by atoms with Crippen molar-refractivity contribution < 1.29 is 19.2 Å². The molecule has 1 heterocycles. The minimum absolute atomic E-state index is 0.131. The fraction of sp³-hybridized carbons (Fsp3) is 0.214. The van der Waals surface area contributed by atoms with E-state index >= 15 is 0 Å². The summed E-state index contributed by atoms with van der Waals surface area (Å²) in [6, 6.07) is 5.96. The summed E-state index contributed by atoms with van der Waals surface area (Å²) < 4.78 is 10.1. The number of carbonyl (C=O) groups excluding carboxylic acids is 1. The van der Waals surface area contributed by atoms with Crippen LogP contribution in [-0.2, 0) is 4.74 Å². The zero-order chi connectivity index (χ0) is 17.0. The molecular formula is C14H14N4O5. The number of esters is 1. The first kappa shape index (κ1) is 16.1. The van der Waals surface area contributed by atoms with E-state index in [1.54, 1.807) is 14.1 Å². The van der Waals surface area contributed by atoms with Crippen LogP contribution >= 0.6 is 0 Å². The predicted molar refractivity (Wildman–Crippen MR) is 80.9 cm³/mol. The Balaban J connectivity index is 2.35. The molecule has 0 saturated heterocycles. The van der Waals surface area contributed by atoms with Gasteiger partial charge in [0.2, 0.25) is 5.82 Å². The van der Waals surface area contributed by atoms with Gasteiger partial charge in [-0.25, -0.2) is 9.78 Å². The van der Waals surface area contributed by atoms with Gasteiger partial charge in [0.15, 0.2) is 0 Å². The Labute approximate surface area is 131 Å². The largest absolute Gasteiger partial charge is 0.465 e. The second kappa shape index (κ2) is 6.69. The molecule has 2 rings (SSSR count). The second-order valence-corrected chi connectivity index (χ2v) is 4.62. The molecule has 2 aromatic rings. The molecule has 0 saturated carbocycles. The van der Waals surface area contributed by atoms with Crippen LogP contribution in [0.5, 0.6) is 11.6 Å². The van der Waals surface area contributed by atoms with E-state index in [4.69, 9.17) is 4.74 Å². The van der Waals surface area contributed by atoms with Crippen molar-refractivity contribution in [2.45, 2.75) is 0 Å². The van der Waals surface area contributed by atoms with Gasteiger partial charge in [0.05, 0.1) is 17.6 Å². The van der Waals surface area contributed by atoms with Gasteiger partial charge in [0.1, 0.15) is 12.1 Å². The van der Waals surface area contributed by atoms with Crippen molar-refractivity contribution in [2.24, 2.45) is 0 Å². The highest BCUT2D eigenvalue weighted by atomic mass is 16.6. The van der Waals surface area contributed by atoms with Gasteiger partial charge < -0.3 is 14.4 Å². The molecule has 0 radical (unpaired) electrons. The van der Waals surface area contributed by atoms with Crippen molar-refractivity contribution in [2.75, 3.05) is 26.1 Å². The first-order valence-corrected chi connectivity index (χ1v) is 6.47. The SMILES string of the molecule is COC(=O)c1ccc(Oc2ncnc(N(C)C)c2[N+](=O)[O-])cc1. The van der Waals surface area contributed by atoms with E-state index in [1.807, 2.05) is 0 Å². The average molecular weight is 318 g/mol. The summed E-state index contributed by atoms with van der Waals surface area (Å²) in [4.78, 5) is 31.2. The predicted octanol–water partition coefficient (Wildman–Crippen LogP) is 2.03. The van der Waals surface area contributed by atoms with Crippen LogP contribution < -0.4 is 9.64 Å². The number of rotatable bonds is 5. The van der Waals surface area contributed by atoms with Gasteiger partial charge in [0, 0.05) is 14.1 Å². The lowest BCUT2D eigenvalue weighted by Crippen LogP contribution is -2.14. The van der Waals surface area contributed by atoms with Crippen LogP contribution in [-0.4, -0.2) is 42.1 Å². The van der Waals surface area contributed by atoms with Crippen molar-refractivity contribution >= 4 is 17.5 Å². The van der Waals surface area contributed by atoms with Crippen molar-refractivity contribution in [3.05, 3.63) is 46.3 Å². The molecular weight excluding hydrogens is 304 g/mol. The van der Waals surface area contributed by atoms with Crippen LogP contribution in [0.2, 0.25) is 0 Å². The highest BCUT2D eigenvalue weighted by Crippen LogP contribution is 2.35. The number of nitro groups is 1. The average Bonchev–Trinajstić information content (AvgIpc) is 2.54. The summed E-state index contributed by atoms with van der Waals surface area (Å²) >= 11 is 0. The topological polar surface area (TPSA) is 108 Å². The lowest BCUT2D eigenvalue weighted by molar-refractivity contribution is -0.385. The quantitative estimate of drug-likeness (QED) is 0.468. The normalized spacial score (nSPS) is 10.0. The molecule has 0 unspecified atom stereocenters. The molecule has 0 aliphatic carbocycles. The molecule has 0 bridgehead atoms. The maximum atomic E-state index is 11.4. The standard InChI is InChI=1S/C14H14N4O5/c1-17(2)12-11(18(20)21)13(16-8-15-12)23-10-6-4-9(5-7-10)14(19)22-3/h4-8H,1-3H3. The number of hydrogen-bond donors (Lipinski definition) is 0. The third-order valence-corrected chi connectivity index (χ3v) is 2.87. The van der Waals surface area contributed by atoms with Gasteiger partial charge in [-0.1, -0.05) is 0 Å². The summed E-state index contributed by atoms with van der Waals surface area (Å²) in [6.07, 6.45) is 1.18. The van der Waals surface area contributed by atoms with Crippen molar-refractivity contribution in [3.8, 4) is 11.6 Å². The molecule has 23 heavy (non-hydrogen) atoms. The molecule has 0 N–H and O–H groups in total. The number of aromatic nitrogens is 2. The van der Waals surface area contributed by atoms with Crippen LogP contribution in [0.3, 0.4) is 0 Å². The molecule has 0 amide bonds. The van der Waals surface area contributed by atoms with E-state index in [9.17, 15) is 14.9 Å². The molecule has 1 aromatic carbocycles. The molecule has 0 fully saturated rings. The fourth-order valence-corrected chi connectivity index (χ4v) is 1.80. The molecule has 9 nitrogen and oxygen atoms in total. The zero-order valence-electron chi connectivity index (χ0n) is 12.7. The Bertz CT molecular complexity index is 730. The zero-order valence-corrected chi connectivity index (χ0v) is 12.7. The van der Waals surface area contributed by atoms with Gasteiger partial charge in [-0.15, -0.1) is 0 Å². The first-order chi connectivity index (χ1) is 10.9. The van der Waals surface area contributed by atoms with E-state index in [0.29, 0.717) is 11.3 Å². The summed E-state index contributed by atoms with van der Waals surface area (Å²) in [7, 11) is 4.54. The minimum Gasteiger partial charge on any atom is -0.465 e. The number of anilines is 1. The number of methoxy groups -OCH3 is 1. The highest BCUT2D eigenvalue weighted by Gasteiger charge is 2.26. The number of hydrogen-bond acceptors (Lipinski definition) is 8. The monoisotopic (exact) mass is 318 g/mol. The molecule has 120 valence electrons. The molecule has 0 aliphatic rings. The number of carbonyl (C=O) groups is 1. The third kappa shape index (κ3) is 3.51. The van der Waals surface area contributed by atoms with Gasteiger partial charge in [-0.3, -0.25) is 10.1 Å². The van der Waals surface area contributed by atoms with Crippen molar-refractivity contribution in [3.63, 3.8) is 0 Å². The Morgan fingerprint density at radius 3 is 2.39 bits per heavy atom. The molecule has 0 aliphatic heterocycles. The smallest absolute Gasteiger partial charge is 0.373 e. The number of nitrogens with zero attached hydrogens (tertiary/aromatic N) is 4. The summed E-state index contributed by atoms with van der Waals surface area (Å²) in [5.41, 5.74) is 0.000521. The van der Waals surface area contributed by atoms with Crippen LogP contribution in [0.25, 0.3) is 0 Å². The summed E-state index contributed by atoms with van der Waals surface area (Å²) in [5.74, 6) is -0.241. The summed E-state index contributed by atoms with van der Waals surface area (Å²) in [5, 5.41) is 11.3. The molecule has 0 spiro atoms. The Morgan fingerprint density at radius 1 is 1.22 bits per heavy atom. The fourth-order valence-electron chi connectivity index (χ4n) is 1.80. The maximum absolute atomic E-state index is 11.4.